The van der Waals surface area contributed by atoms with Gasteiger partial charge < -0.3 is 20.1 Å². The third-order valence-corrected chi connectivity index (χ3v) is 4.23. The second-order valence-corrected chi connectivity index (χ2v) is 6.05. The molecule has 128 valence electrons. The van der Waals surface area contributed by atoms with Gasteiger partial charge in [-0.2, -0.15) is 0 Å². The van der Waals surface area contributed by atoms with Gasteiger partial charge in [-0.25, -0.2) is 9.97 Å². The molecule has 3 rings (SSSR count). The topological polar surface area (TPSA) is 70.5 Å². The van der Waals surface area contributed by atoms with Crippen molar-refractivity contribution >= 4 is 11.6 Å². The average molecular weight is 328 g/mol. The molecule has 2 atom stereocenters. The van der Waals surface area contributed by atoms with Gasteiger partial charge >= 0.3 is 0 Å². The summed E-state index contributed by atoms with van der Waals surface area (Å²) in [6, 6.07) is 11.8. The van der Waals surface area contributed by atoms with Crippen LogP contribution in [0.25, 0.3) is 0 Å². The molecule has 0 unspecified atom stereocenters. The van der Waals surface area contributed by atoms with Gasteiger partial charge in [0.1, 0.15) is 18.0 Å². The van der Waals surface area contributed by atoms with Crippen LogP contribution in [-0.2, 0) is 11.2 Å². The van der Waals surface area contributed by atoms with Gasteiger partial charge in [0.2, 0.25) is 0 Å². The van der Waals surface area contributed by atoms with Crippen LogP contribution in [0.1, 0.15) is 12.5 Å². The summed E-state index contributed by atoms with van der Waals surface area (Å²) in [7, 11) is 0. The molecule has 0 aliphatic carbocycles. The summed E-state index contributed by atoms with van der Waals surface area (Å²) in [5, 5.41) is 13.7. The van der Waals surface area contributed by atoms with E-state index < -0.39 is 6.10 Å². The minimum atomic E-state index is -0.491. The van der Waals surface area contributed by atoms with Gasteiger partial charge in [0.25, 0.3) is 0 Å². The number of ether oxygens (including phenoxy) is 1. The molecule has 1 saturated heterocycles. The summed E-state index contributed by atoms with van der Waals surface area (Å²) in [6.45, 7) is 5.08. The van der Waals surface area contributed by atoms with Gasteiger partial charge in [0.05, 0.1) is 25.4 Å². The summed E-state index contributed by atoms with van der Waals surface area (Å²) in [6.07, 6.45) is 1.68. The molecule has 6 nitrogen and oxygen atoms in total. The number of hydrogen-bond acceptors (Lipinski definition) is 6. The van der Waals surface area contributed by atoms with Crippen LogP contribution in [-0.4, -0.2) is 53.5 Å². The lowest BCUT2D eigenvalue weighted by Gasteiger charge is -2.28. The quantitative estimate of drug-likeness (QED) is 0.841. The maximum atomic E-state index is 10.4. The van der Waals surface area contributed by atoms with E-state index in [2.05, 4.69) is 20.2 Å². The molecule has 1 aliphatic heterocycles. The van der Waals surface area contributed by atoms with E-state index in [4.69, 9.17) is 4.74 Å². The van der Waals surface area contributed by atoms with E-state index in [1.807, 2.05) is 43.3 Å². The smallest absolute Gasteiger partial charge is 0.134 e. The SMILES string of the molecule is C[C@H](Nc1cc(N2CCOCC2)ncn1)[C@@H](O)Cc1ccccc1. The Labute approximate surface area is 142 Å². The number of nitrogens with one attached hydrogen (secondary N) is 1. The maximum Gasteiger partial charge on any atom is 0.134 e. The van der Waals surface area contributed by atoms with Crippen molar-refractivity contribution in [1.29, 1.82) is 0 Å². The number of aliphatic hydroxyl groups is 1. The van der Waals surface area contributed by atoms with E-state index in [9.17, 15) is 5.11 Å². The molecule has 6 heteroatoms. The van der Waals surface area contributed by atoms with E-state index in [1.54, 1.807) is 6.33 Å². The van der Waals surface area contributed by atoms with Crippen molar-refractivity contribution in [3.05, 3.63) is 48.3 Å². The molecule has 0 radical (unpaired) electrons. The zero-order valence-corrected chi connectivity index (χ0v) is 13.9. The van der Waals surface area contributed by atoms with Crippen LogP contribution >= 0.6 is 0 Å². The van der Waals surface area contributed by atoms with Crippen LogP contribution in [0.4, 0.5) is 11.6 Å². The highest BCUT2D eigenvalue weighted by Gasteiger charge is 2.17. The first-order valence-electron chi connectivity index (χ1n) is 8.35. The monoisotopic (exact) mass is 328 g/mol. The zero-order chi connectivity index (χ0) is 16.8. The van der Waals surface area contributed by atoms with Crippen LogP contribution in [0.3, 0.4) is 0 Å². The molecular weight excluding hydrogens is 304 g/mol. The van der Waals surface area contributed by atoms with Crippen molar-refractivity contribution in [3.63, 3.8) is 0 Å². The Kier molecular flexibility index (Phi) is 5.61. The third kappa shape index (κ3) is 4.43. The minimum absolute atomic E-state index is 0.113. The van der Waals surface area contributed by atoms with Crippen LogP contribution in [0, 0.1) is 0 Å². The first kappa shape index (κ1) is 16.7. The molecule has 1 aliphatic rings. The van der Waals surface area contributed by atoms with E-state index in [0.717, 1.165) is 43.5 Å². The lowest BCUT2D eigenvalue weighted by atomic mass is 10.0. The van der Waals surface area contributed by atoms with Gasteiger partial charge in [-0.15, -0.1) is 0 Å². The molecule has 0 bridgehead atoms. The highest BCUT2D eigenvalue weighted by atomic mass is 16.5. The Morgan fingerprint density at radius 2 is 1.96 bits per heavy atom. The molecular formula is C18H24N4O2. The second kappa shape index (κ2) is 8.08. The lowest BCUT2D eigenvalue weighted by Crippen LogP contribution is -2.37. The number of aromatic nitrogens is 2. The fraction of sp³-hybridized carbons (Fsp3) is 0.444. The Bertz CT molecular complexity index is 632. The Morgan fingerprint density at radius 1 is 1.21 bits per heavy atom. The molecule has 0 amide bonds. The fourth-order valence-electron chi connectivity index (χ4n) is 2.75. The van der Waals surface area contributed by atoms with Crippen molar-refractivity contribution < 1.29 is 9.84 Å². The minimum Gasteiger partial charge on any atom is -0.391 e. The van der Waals surface area contributed by atoms with Crippen molar-refractivity contribution in [1.82, 2.24) is 9.97 Å². The van der Waals surface area contributed by atoms with Crippen LogP contribution in [0.15, 0.2) is 42.7 Å². The largest absolute Gasteiger partial charge is 0.391 e. The summed E-state index contributed by atoms with van der Waals surface area (Å²) in [5.74, 6) is 1.62. The molecule has 24 heavy (non-hydrogen) atoms. The number of morpholine rings is 1. The van der Waals surface area contributed by atoms with Crippen molar-refractivity contribution in [3.8, 4) is 0 Å². The lowest BCUT2D eigenvalue weighted by molar-refractivity contribution is 0.122. The molecule has 0 spiro atoms. The summed E-state index contributed by atoms with van der Waals surface area (Å²) >= 11 is 0. The predicted octanol–water partition coefficient (Wildman–Crippen LogP) is 1.72. The number of hydrogen-bond donors (Lipinski definition) is 2. The van der Waals surface area contributed by atoms with Crippen LogP contribution < -0.4 is 10.2 Å². The zero-order valence-electron chi connectivity index (χ0n) is 13.9. The average Bonchev–Trinajstić information content (AvgIpc) is 2.63. The Balaban J connectivity index is 1.60. The second-order valence-electron chi connectivity index (χ2n) is 6.05. The van der Waals surface area contributed by atoms with Gasteiger partial charge in [0.15, 0.2) is 0 Å². The number of benzene rings is 1. The normalized spacial score (nSPS) is 17.3. The highest BCUT2D eigenvalue weighted by Crippen LogP contribution is 2.17. The number of nitrogens with zero attached hydrogens (tertiary/aromatic N) is 3. The Morgan fingerprint density at radius 3 is 2.71 bits per heavy atom. The first-order valence-corrected chi connectivity index (χ1v) is 8.35. The van der Waals surface area contributed by atoms with Crippen molar-refractivity contribution in [2.45, 2.75) is 25.5 Å². The summed E-state index contributed by atoms with van der Waals surface area (Å²) < 4.78 is 5.37. The maximum absolute atomic E-state index is 10.4. The molecule has 2 heterocycles. The van der Waals surface area contributed by atoms with E-state index in [0.29, 0.717) is 6.42 Å². The van der Waals surface area contributed by atoms with E-state index in [-0.39, 0.29) is 6.04 Å². The predicted molar refractivity (Wildman–Crippen MR) is 94.3 cm³/mol. The van der Waals surface area contributed by atoms with Gasteiger partial charge in [-0.3, -0.25) is 0 Å². The fourth-order valence-corrected chi connectivity index (χ4v) is 2.75. The molecule has 1 aromatic heterocycles. The van der Waals surface area contributed by atoms with E-state index >= 15 is 0 Å². The summed E-state index contributed by atoms with van der Waals surface area (Å²) in [4.78, 5) is 10.8. The molecule has 2 N–H and O–H groups in total. The van der Waals surface area contributed by atoms with Crippen molar-refractivity contribution in [2.75, 3.05) is 36.5 Å². The van der Waals surface area contributed by atoms with Gasteiger partial charge in [0, 0.05) is 25.6 Å². The number of rotatable bonds is 6. The van der Waals surface area contributed by atoms with Gasteiger partial charge in [-0.05, 0) is 12.5 Å². The highest BCUT2D eigenvalue weighted by molar-refractivity contribution is 5.49. The van der Waals surface area contributed by atoms with Crippen molar-refractivity contribution in [2.24, 2.45) is 0 Å². The number of aliphatic hydroxyl groups excluding tert-OH is 1. The molecule has 1 fully saturated rings. The third-order valence-electron chi connectivity index (χ3n) is 4.23. The van der Waals surface area contributed by atoms with Crippen LogP contribution in [0.5, 0.6) is 0 Å². The molecule has 0 saturated carbocycles. The van der Waals surface area contributed by atoms with Gasteiger partial charge in [-0.1, -0.05) is 30.3 Å². The molecule has 2 aromatic rings. The summed E-state index contributed by atoms with van der Waals surface area (Å²) in [5.41, 5.74) is 1.12. The standard InChI is InChI=1S/C18H24N4O2/c1-14(16(23)11-15-5-3-2-4-6-15)21-17-12-18(20-13-19-17)22-7-9-24-10-8-22/h2-6,12-14,16,23H,7-11H2,1H3,(H,19,20,21)/t14-,16-/m0/s1. The molecule has 1 aromatic carbocycles. The Hall–Kier alpha value is -2.18. The van der Waals surface area contributed by atoms with E-state index in [1.165, 1.54) is 0 Å². The number of anilines is 2. The first-order chi connectivity index (χ1) is 11.7. The van der Waals surface area contributed by atoms with Crippen LogP contribution in [0.2, 0.25) is 0 Å².